The Morgan fingerprint density at radius 3 is 2.19 bits per heavy atom. The SMILES string of the molecule is C=Cc1ccc(OCCOc2ccc(S(=O)(=O)O)c3ccccc23)cc1. The lowest BCUT2D eigenvalue weighted by molar-refractivity contribution is 0.218. The van der Waals surface area contributed by atoms with Gasteiger partial charge in [-0.1, -0.05) is 49.1 Å². The van der Waals surface area contributed by atoms with Gasteiger partial charge in [-0.05, 0) is 29.8 Å². The van der Waals surface area contributed by atoms with Crippen LogP contribution in [0.15, 0.2) is 72.1 Å². The third kappa shape index (κ3) is 4.04. The zero-order valence-electron chi connectivity index (χ0n) is 14.0. The van der Waals surface area contributed by atoms with Crippen LogP contribution < -0.4 is 9.47 Å². The molecular weight excluding hydrogens is 352 g/mol. The third-order valence-electron chi connectivity index (χ3n) is 3.85. The number of fused-ring (bicyclic) bond motifs is 1. The minimum absolute atomic E-state index is 0.140. The summed E-state index contributed by atoms with van der Waals surface area (Å²) in [6, 6.07) is 17.2. The van der Waals surface area contributed by atoms with E-state index in [2.05, 4.69) is 6.58 Å². The van der Waals surface area contributed by atoms with E-state index < -0.39 is 10.1 Å². The highest BCUT2D eigenvalue weighted by molar-refractivity contribution is 7.86. The lowest BCUT2D eigenvalue weighted by Crippen LogP contribution is -2.09. The van der Waals surface area contributed by atoms with Crippen molar-refractivity contribution in [3.8, 4) is 11.5 Å². The second kappa shape index (κ2) is 7.59. The highest BCUT2D eigenvalue weighted by Gasteiger charge is 2.16. The average molecular weight is 370 g/mol. The fourth-order valence-electron chi connectivity index (χ4n) is 2.61. The van der Waals surface area contributed by atoms with Gasteiger partial charge in [-0.2, -0.15) is 8.42 Å². The molecule has 3 aromatic carbocycles. The Morgan fingerprint density at radius 2 is 1.54 bits per heavy atom. The first-order valence-electron chi connectivity index (χ1n) is 7.96. The minimum atomic E-state index is -4.30. The van der Waals surface area contributed by atoms with Crippen LogP contribution in [0, 0.1) is 0 Å². The number of rotatable bonds is 7. The summed E-state index contributed by atoms with van der Waals surface area (Å²) in [5, 5.41) is 1.02. The highest BCUT2D eigenvalue weighted by Crippen LogP contribution is 2.30. The quantitative estimate of drug-likeness (QED) is 0.499. The Balaban J connectivity index is 1.70. The molecule has 0 atom stereocenters. The molecule has 0 saturated heterocycles. The second-order valence-corrected chi connectivity index (χ2v) is 6.94. The lowest BCUT2D eigenvalue weighted by Gasteiger charge is -2.12. The summed E-state index contributed by atoms with van der Waals surface area (Å²) < 4.78 is 43.7. The first kappa shape index (κ1) is 18.0. The molecule has 0 aliphatic heterocycles. The highest BCUT2D eigenvalue weighted by atomic mass is 32.2. The largest absolute Gasteiger partial charge is 0.490 e. The van der Waals surface area contributed by atoms with Crippen LogP contribution in [0.2, 0.25) is 0 Å². The molecule has 0 saturated carbocycles. The molecule has 6 heteroatoms. The van der Waals surface area contributed by atoms with Crippen molar-refractivity contribution in [3.63, 3.8) is 0 Å². The van der Waals surface area contributed by atoms with Crippen LogP contribution in [0.5, 0.6) is 11.5 Å². The second-order valence-electron chi connectivity index (χ2n) is 5.55. The van der Waals surface area contributed by atoms with Gasteiger partial charge in [-0.3, -0.25) is 4.55 Å². The molecule has 0 bridgehead atoms. The van der Waals surface area contributed by atoms with Gasteiger partial charge >= 0.3 is 0 Å². The predicted molar refractivity (Wildman–Crippen MR) is 101 cm³/mol. The monoisotopic (exact) mass is 370 g/mol. The summed E-state index contributed by atoms with van der Waals surface area (Å²) in [5.41, 5.74) is 1.01. The van der Waals surface area contributed by atoms with Crippen LogP contribution in [0.1, 0.15) is 5.56 Å². The fourth-order valence-corrected chi connectivity index (χ4v) is 3.30. The Labute approximate surface area is 152 Å². The molecule has 3 rings (SSSR count). The molecule has 1 N–H and O–H groups in total. The molecule has 0 aromatic heterocycles. The van der Waals surface area contributed by atoms with Crippen LogP contribution in [0.3, 0.4) is 0 Å². The minimum Gasteiger partial charge on any atom is -0.490 e. The smallest absolute Gasteiger partial charge is 0.295 e. The van der Waals surface area contributed by atoms with Crippen LogP contribution >= 0.6 is 0 Å². The lowest BCUT2D eigenvalue weighted by atomic mass is 10.1. The normalized spacial score (nSPS) is 11.3. The Morgan fingerprint density at radius 1 is 0.885 bits per heavy atom. The molecule has 0 fully saturated rings. The number of hydrogen-bond acceptors (Lipinski definition) is 4. The fraction of sp³-hybridized carbons (Fsp3) is 0.100. The van der Waals surface area contributed by atoms with E-state index in [-0.39, 0.29) is 4.90 Å². The van der Waals surface area contributed by atoms with Gasteiger partial charge in [0.1, 0.15) is 29.6 Å². The summed E-state index contributed by atoms with van der Waals surface area (Å²) >= 11 is 0. The van der Waals surface area contributed by atoms with Gasteiger partial charge in [0, 0.05) is 10.8 Å². The van der Waals surface area contributed by atoms with Crippen molar-refractivity contribution < 1.29 is 22.4 Å². The van der Waals surface area contributed by atoms with E-state index in [0.29, 0.717) is 29.7 Å². The first-order valence-corrected chi connectivity index (χ1v) is 9.40. The number of ether oxygens (including phenoxy) is 2. The summed E-state index contributed by atoms with van der Waals surface area (Å²) in [4.78, 5) is -0.140. The van der Waals surface area contributed by atoms with Crippen molar-refractivity contribution >= 4 is 27.0 Å². The van der Waals surface area contributed by atoms with Crippen molar-refractivity contribution in [2.24, 2.45) is 0 Å². The Kier molecular flexibility index (Phi) is 5.25. The summed E-state index contributed by atoms with van der Waals surface area (Å²) in [6.45, 7) is 4.33. The molecule has 0 heterocycles. The zero-order valence-corrected chi connectivity index (χ0v) is 14.8. The molecule has 0 amide bonds. The van der Waals surface area contributed by atoms with Crippen LogP contribution in [0.25, 0.3) is 16.8 Å². The zero-order chi connectivity index (χ0) is 18.6. The number of hydrogen-bond donors (Lipinski definition) is 1. The first-order chi connectivity index (χ1) is 12.5. The van der Waals surface area contributed by atoms with Gasteiger partial charge in [0.25, 0.3) is 10.1 Å². The molecular formula is C20H18O5S. The summed E-state index contributed by atoms with van der Waals surface area (Å²) in [5.74, 6) is 1.25. The Hall–Kier alpha value is -2.83. The van der Waals surface area contributed by atoms with E-state index in [1.54, 1.807) is 30.3 Å². The average Bonchev–Trinajstić information content (AvgIpc) is 2.64. The van der Waals surface area contributed by atoms with Crippen molar-refractivity contribution in [1.29, 1.82) is 0 Å². The van der Waals surface area contributed by atoms with E-state index in [9.17, 15) is 13.0 Å². The van der Waals surface area contributed by atoms with Crippen LogP contribution in [0.4, 0.5) is 0 Å². The maximum absolute atomic E-state index is 11.5. The molecule has 0 spiro atoms. The van der Waals surface area contributed by atoms with Crippen LogP contribution in [-0.2, 0) is 10.1 Å². The van der Waals surface area contributed by atoms with E-state index >= 15 is 0 Å². The maximum Gasteiger partial charge on any atom is 0.295 e. The molecule has 0 aliphatic carbocycles. The van der Waals surface area contributed by atoms with Gasteiger partial charge in [-0.15, -0.1) is 0 Å². The molecule has 134 valence electrons. The molecule has 26 heavy (non-hydrogen) atoms. The van der Waals surface area contributed by atoms with E-state index in [1.165, 1.54) is 12.1 Å². The van der Waals surface area contributed by atoms with Gasteiger partial charge in [-0.25, -0.2) is 0 Å². The van der Waals surface area contributed by atoms with E-state index in [1.807, 2.05) is 24.3 Å². The van der Waals surface area contributed by atoms with Crippen LogP contribution in [-0.4, -0.2) is 26.2 Å². The van der Waals surface area contributed by atoms with Gasteiger partial charge in [0.15, 0.2) is 0 Å². The summed E-state index contributed by atoms with van der Waals surface area (Å²) in [6.07, 6.45) is 1.76. The molecule has 3 aromatic rings. The maximum atomic E-state index is 11.5. The van der Waals surface area contributed by atoms with Crippen molar-refractivity contribution in [3.05, 3.63) is 72.8 Å². The molecule has 0 radical (unpaired) electrons. The van der Waals surface area contributed by atoms with E-state index in [4.69, 9.17) is 9.47 Å². The van der Waals surface area contributed by atoms with Crippen molar-refractivity contribution in [2.45, 2.75) is 4.90 Å². The summed E-state index contributed by atoms with van der Waals surface area (Å²) in [7, 11) is -4.30. The van der Waals surface area contributed by atoms with E-state index in [0.717, 1.165) is 11.3 Å². The van der Waals surface area contributed by atoms with Gasteiger partial charge < -0.3 is 9.47 Å². The Bertz CT molecular complexity index is 1020. The predicted octanol–water partition coefficient (Wildman–Crippen LogP) is 4.19. The topological polar surface area (TPSA) is 72.8 Å². The van der Waals surface area contributed by atoms with Crippen molar-refractivity contribution in [2.75, 3.05) is 13.2 Å². The third-order valence-corrected chi connectivity index (χ3v) is 4.76. The number of benzene rings is 3. The molecule has 0 aliphatic rings. The molecule has 0 unspecified atom stereocenters. The standard InChI is InChI=1S/C20H18O5S/c1-2-15-7-9-16(10-8-15)24-13-14-25-19-11-12-20(26(21,22)23)18-6-4-3-5-17(18)19/h2-12H,1,13-14H2,(H,21,22,23). The van der Waals surface area contributed by atoms with Gasteiger partial charge in [0.2, 0.25) is 0 Å². The molecule has 5 nitrogen and oxygen atoms in total. The van der Waals surface area contributed by atoms with Gasteiger partial charge in [0.05, 0.1) is 0 Å². The van der Waals surface area contributed by atoms with Crippen molar-refractivity contribution in [1.82, 2.24) is 0 Å².